The van der Waals surface area contributed by atoms with Gasteiger partial charge in [0.25, 0.3) is 0 Å². The maximum absolute atomic E-state index is 14.2. The summed E-state index contributed by atoms with van der Waals surface area (Å²) >= 11 is 0. The number of hydrogen-bond donors (Lipinski definition) is 1. The topological polar surface area (TPSA) is 105 Å². The summed E-state index contributed by atoms with van der Waals surface area (Å²) in [6.45, 7) is -0.151. The van der Waals surface area contributed by atoms with Crippen LogP contribution in [0.25, 0.3) is 0 Å². The molecule has 0 heterocycles. The van der Waals surface area contributed by atoms with Crippen molar-refractivity contribution in [3.63, 3.8) is 0 Å². The Kier molecular flexibility index (Phi) is 11.1. The van der Waals surface area contributed by atoms with Crippen LogP contribution < -0.4 is 14.8 Å². The zero-order valence-corrected chi connectivity index (χ0v) is 25.9. The molecule has 1 atom stereocenters. The van der Waals surface area contributed by atoms with Crippen LogP contribution in [-0.2, 0) is 39.2 Å². The highest BCUT2D eigenvalue weighted by molar-refractivity contribution is 7.88. The van der Waals surface area contributed by atoms with E-state index in [1.807, 2.05) is 60.7 Å². The van der Waals surface area contributed by atoms with Crippen molar-refractivity contribution in [2.75, 3.05) is 27.0 Å². The second-order valence-electron chi connectivity index (χ2n) is 10.3. The molecule has 4 aromatic rings. The summed E-state index contributed by atoms with van der Waals surface area (Å²) in [5.74, 6) is 0.428. The molecule has 0 spiro atoms. The minimum Gasteiger partial charge on any atom is -0.497 e. The highest BCUT2D eigenvalue weighted by atomic mass is 32.2. The normalized spacial score (nSPS) is 11.9. The molecule has 0 aliphatic carbocycles. The van der Waals surface area contributed by atoms with Gasteiger partial charge in [-0.25, -0.2) is 8.42 Å². The second-order valence-corrected chi connectivity index (χ2v) is 12.2. The van der Waals surface area contributed by atoms with Crippen LogP contribution in [0.1, 0.15) is 28.3 Å². The van der Waals surface area contributed by atoms with Gasteiger partial charge in [-0.3, -0.25) is 9.59 Å². The highest BCUT2D eigenvalue weighted by Gasteiger charge is 2.33. The molecule has 44 heavy (non-hydrogen) atoms. The number of hydrogen-bond acceptors (Lipinski definition) is 6. The number of nitrogens with one attached hydrogen (secondary N) is 1. The fourth-order valence-corrected chi connectivity index (χ4v) is 5.44. The third kappa shape index (κ3) is 8.92. The number of carbonyl (C=O) groups excluding carboxylic acids is 2. The lowest BCUT2D eigenvalue weighted by atomic mass is 10.0. The molecule has 0 saturated carbocycles. The lowest BCUT2D eigenvalue weighted by Gasteiger charge is -2.33. The summed E-state index contributed by atoms with van der Waals surface area (Å²) in [4.78, 5) is 29.6. The van der Waals surface area contributed by atoms with Crippen molar-refractivity contribution in [3.05, 3.63) is 131 Å². The van der Waals surface area contributed by atoms with Crippen LogP contribution in [0.5, 0.6) is 11.5 Å². The smallest absolute Gasteiger partial charge is 0.247 e. The average molecular weight is 616 g/mol. The molecular formula is C34H37N3O6S. The maximum atomic E-state index is 14.2. The zero-order chi connectivity index (χ0) is 31.5. The molecule has 4 aromatic carbocycles. The summed E-state index contributed by atoms with van der Waals surface area (Å²) in [6, 6.07) is 31.5. The number of carbonyl (C=O) groups is 2. The number of methoxy groups -OCH3 is 2. The number of ether oxygens (including phenoxy) is 2. The summed E-state index contributed by atoms with van der Waals surface area (Å²) in [7, 11) is -0.629. The Morgan fingerprint density at radius 3 is 1.73 bits per heavy atom. The van der Waals surface area contributed by atoms with E-state index in [2.05, 4.69) is 5.32 Å². The van der Waals surface area contributed by atoms with Gasteiger partial charge < -0.3 is 19.7 Å². The van der Waals surface area contributed by atoms with E-state index in [4.69, 9.17) is 9.47 Å². The fourth-order valence-electron chi connectivity index (χ4n) is 4.71. The predicted octanol–water partition coefficient (Wildman–Crippen LogP) is 4.55. The van der Waals surface area contributed by atoms with Gasteiger partial charge in [0.05, 0.1) is 27.0 Å². The molecule has 1 N–H and O–H groups in total. The molecule has 0 radical (unpaired) electrons. The average Bonchev–Trinajstić information content (AvgIpc) is 3.04. The summed E-state index contributed by atoms with van der Waals surface area (Å²) in [6.07, 6.45) is 1.08. The van der Waals surface area contributed by atoms with Gasteiger partial charge in [0.1, 0.15) is 17.5 Å². The molecule has 0 aliphatic rings. The molecule has 10 heteroatoms. The van der Waals surface area contributed by atoms with E-state index < -0.39 is 34.4 Å². The van der Waals surface area contributed by atoms with Gasteiger partial charge in [-0.2, -0.15) is 4.31 Å². The minimum atomic E-state index is -3.78. The predicted molar refractivity (Wildman–Crippen MR) is 169 cm³/mol. The Morgan fingerprint density at radius 2 is 1.20 bits per heavy atom. The Morgan fingerprint density at radius 1 is 0.705 bits per heavy atom. The van der Waals surface area contributed by atoms with Crippen LogP contribution in [0.3, 0.4) is 0 Å². The third-order valence-corrected chi connectivity index (χ3v) is 8.31. The quantitative estimate of drug-likeness (QED) is 0.223. The van der Waals surface area contributed by atoms with Crippen molar-refractivity contribution in [3.8, 4) is 11.5 Å². The zero-order valence-electron chi connectivity index (χ0n) is 25.1. The standard InChI is InChI=1S/C34H37N3O6S/c1-42-30-18-14-26(15-19-30)22-35-34(39)33(29-12-8-5-9-13-29)37(24-28-16-20-31(43-2)21-17-28)32(38)25-36(44(3,40)41)23-27-10-6-4-7-11-27/h4-21,33H,22-25H2,1-3H3,(H,35,39)/t33-/m1/s1. The first-order valence-electron chi connectivity index (χ1n) is 14.0. The van der Waals surface area contributed by atoms with E-state index in [-0.39, 0.29) is 19.6 Å². The van der Waals surface area contributed by atoms with Crippen molar-refractivity contribution in [2.24, 2.45) is 0 Å². The molecule has 0 bridgehead atoms. The lowest BCUT2D eigenvalue weighted by molar-refractivity contribution is -0.141. The largest absolute Gasteiger partial charge is 0.497 e. The first kappa shape index (κ1) is 32.2. The molecule has 9 nitrogen and oxygen atoms in total. The van der Waals surface area contributed by atoms with Crippen molar-refractivity contribution < 1.29 is 27.5 Å². The molecule has 0 fully saturated rings. The molecule has 0 unspecified atom stereocenters. The van der Waals surface area contributed by atoms with Crippen LogP contribution in [0.15, 0.2) is 109 Å². The van der Waals surface area contributed by atoms with Crippen molar-refractivity contribution in [1.29, 1.82) is 0 Å². The van der Waals surface area contributed by atoms with Crippen LogP contribution >= 0.6 is 0 Å². The number of nitrogens with zero attached hydrogens (tertiary/aromatic N) is 2. The van der Waals surface area contributed by atoms with Gasteiger partial charge in [0.15, 0.2) is 0 Å². The van der Waals surface area contributed by atoms with E-state index in [0.29, 0.717) is 17.1 Å². The van der Waals surface area contributed by atoms with Crippen LogP contribution in [0.2, 0.25) is 0 Å². The lowest BCUT2D eigenvalue weighted by Crippen LogP contribution is -2.47. The third-order valence-electron chi connectivity index (χ3n) is 7.12. The van der Waals surface area contributed by atoms with Gasteiger partial charge in [-0.15, -0.1) is 0 Å². The summed E-state index contributed by atoms with van der Waals surface area (Å²) in [5, 5.41) is 2.97. The summed E-state index contributed by atoms with van der Waals surface area (Å²) < 4.78 is 37.3. The van der Waals surface area contributed by atoms with Gasteiger partial charge in [-0.1, -0.05) is 84.9 Å². The van der Waals surface area contributed by atoms with E-state index in [9.17, 15) is 18.0 Å². The molecule has 0 aromatic heterocycles. The van der Waals surface area contributed by atoms with Crippen molar-refractivity contribution in [2.45, 2.75) is 25.7 Å². The van der Waals surface area contributed by atoms with E-state index in [1.165, 1.54) is 4.90 Å². The molecule has 4 rings (SSSR count). The number of benzene rings is 4. The maximum Gasteiger partial charge on any atom is 0.247 e. The van der Waals surface area contributed by atoms with Gasteiger partial charge in [-0.05, 0) is 46.5 Å². The Hall–Kier alpha value is -4.67. The molecule has 0 saturated heterocycles. The molecule has 0 aliphatic heterocycles. The van der Waals surface area contributed by atoms with Crippen LogP contribution in [-0.4, -0.2) is 56.5 Å². The van der Waals surface area contributed by atoms with Crippen molar-refractivity contribution in [1.82, 2.24) is 14.5 Å². The van der Waals surface area contributed by atoms with E-state index >= 15 is 0 Å². The first-order chi connectivity index (χ1) is 21.2. The minimum absolute atomic E-state index is 0.0153. The van der Waals surface area contributed by atoms with Crippen LogP contribution in [0.4, 0.5) is 0 Å². The van der Waals surface area contributed by atoms with Crippen LogP contribution in [0, 0.1) is 0 Å². The molecule has 230 valence electrons. The fraction of sp³-hybridized carbons (Fsp3) is 0.235. The summed E-state index contributed by atoms with van der Waals surface area (Å²) in [5.41, 5.74) is 2.93. The van der Waals surface area contributed by atoms with Gasteiger partial charge in [0, 0.05) is 19.6 Å². The number of rotatable bonds is 14. The number of amides is 2. The van der Waals surface area contributed by atoms with Gasteiger partial charge in [0.2, 0.25) is 21.8 Å². The van der Waals surface area contributed by atoms with Gasteiger partial charge >= 0.3 is 0 Å². The first-order valence-corrected chi connectivity index (χ1v) is 15.9. The second kappa shape index (κ2) is 15.2. The Balaban J connectivity index is 1.69. The Bertz CT molecular complexity index is 1610. The monoisotopic (exact) mass is 615 g/mol. The van der Waals surface area contributed by atoms with E-state index in [0.717, 1.165) is 27.3 Å². The van der Waals surface area contributed by atoms with Crippen molar-refractivity contribution >= 4 is 21.8 Å². The molecule has 2 amide bonds. The Labute approximate surface area is 259 Å². The SMILES string of the molecule is COc1ccc(CNC(=O)[C@@H](c2ccccc2)N(Cc2ccc(OC)cc2)C(=O)CN(Cc2ccccc2)S(C)(=O)=O)cc1. The number of sulfonamides is 1. The highest BCUT2D eigenvalue weighted by Crippen LogP contribution is 2.26. The van der Waals surface area contributed by atoms with E-state index in [1.54, 1.807) is 62.8 Å². The molecular weight excluding hydrogens is 578 g/mol.